The third kappa shape index (κ3) is 2.95. The maximum absolute atomic E-state index is 13.7. The summed E-state index contributed by atoms with van der Waals surface area (Å²) < 4.78 is 19.0. The van der Waals surface area contributed by atoms with E-state index in [-0.39, 0.29) is 24.3 Å². The Bertz CT molecular complexity index is 1140. The molecule has 2 heterocycles. The van der Waals surface area contributed by atoms with Gasteiger partial charge in [0.25, 0.3) is 0 Å². The van der Waals surface area contributed by atoms with Crippen LogP contribution in [0.25, 0.3) is 21.7 Å². The lowest BCUT2D eigenvalue weighted by molar-refractivity contribution is 0.415. The van der Waals surface area contributed by atoms with Crippen LogP contribution in [0, 0.1) is 5.82 Å². The summed E-state index contributed by atoms with van der Waals surface area (Å²) in [7, 11) is 1.68. The van der Waals surface area contributed by atoms with Crippen LogP contribution in [0.4, 0.5) is 4.39 Å². The van der Waals surface area contributed by atoms with Crippen molar-refractivity contribution in [2.45, 2.75) is 12.5 Å². The maximum Gasteiger partial charge on any atom is 0.123 e. The number of hydrogen-bond acceptors (Lipinski definition) is 2. The van der Waals surface area contributed by atoms with Crippen LogP contribution in [0.2, 0.25) is 0 Å². The van der Waals surface area contributed by atoms with Crippen molar-refractivity contribution in [3.63, 3.8) is 0 Å². The van der Waals surface area contributed by atoms with Crippen LogP contribution in [0.1, 0.15) is 22.9 Å². The van der Waals surface area contributed by atoms with Gasteiger partial charge in [0.15, 0.2) is 0 Å². The van der Waals surface area contributed by atoms with Crippen molar-refractivity contribution < 1.29 is 9.13 Å². The summed E-state index contributed by atoms with van der Waals surface area (Å²) in [5.74, 6) is 0.676. The Hall–Kier alpha value is -2.56. The highest BCUT2D eigenvalue weighted by Crippen LogP contribution is 2.35. The zero-order valence-corrected chi connectivity index (χ0v) is 15.7. The van der Waals surface area contributed by atoms with Crippen molar-refractivity contribution in [1.82, 2.24) is 10.3 Å². The Kier molecular flexibility index (Phi) is 4.54. The fourth-order valence-corrected chi connectivity index (χ4v) is 4.03. The van der Waals surface area contributed by atoms with Crippen molar-refractivity contribution in [2.75, 3.05) is 13.7 Å². The highest BCUT2D eigenvalue weighted by atomic mass is 35.5. The summed E-state index contributed by atoms with van der Waals surface area (Å²) >= 11 is 0. The summed E-state index contributed by atoms with van der Waals surface area (Å²) in [6.45, 7) is 0.877. The molecule has 2 N–H and O–H groups in total. The number of methoxy groups -OCH3 is 1. The van der Waals surface area contributed by atoms with E-state index in [1.807, 2.05) is 18.2 Å². The number of aromatic nitrogens is 1. The first-order chi connectivity index (χ1) is 12.7. The van der Waals surface area contributed by atoms with Crippen molar-refractivity contribution in [1.29, 1.82) is 0 Å². The Labute approximate surface area is 162 Å². The number of nitrogens with one attached hydrogen (secondary N) is 2. The normalized spacial score (nSPS) is 16.1. The number of H-pyrrole nitrogens is 1. The van der Waals surface area contributed by atoms with Crippen LogP contribution in [0.5, 0.6) is 5.75 Å². The molecule has 0 fully saturated rings. The van der Waals surface area contributed by atoms with Gasteiger partial charge in [0, 0.05) is 23.1 Å². The standard InChI is InChI=1S/C22H19FN2O.ClH/c1-26-17-6-4-13-10-15(3-2-14(13)11-17)21-22-18(8-9-24-21)19-12-16(23)5-7-20(19)25-22;/h2-7,10-12,21,24-25H,8-9H2,1H3;1H. The van der Waals surface area contributed by atoms with Gasteiger partial charge in [0.1, 0.15) is 11.6 Å². The van der Waals surface area contributed by atoms with Gasteiger partial charge in [0.2, 0.25) is 0 Å². The molecule has 4 aromatic rings. The highest BCUT2D eigenvalue weighted by molar-refractivity contribution is 5.87. The number of hydrogen-bond donors (Lipinski definition) is 2. The molecule has 1 unspecified atom stereocenters. The molecule has 0 radical (unpaired) electrons. The molecule has 0 bridgehead atoms. The quantitative estimate of drug-likeness (QED) is 0.504. The van der Waals surface area contributed by atoms with Gasteiger partial charge in [-0.3, -0.25) is 0 Å². The lowest BCUT2D eigenvalue weighted by atomic mass is 9.93. The first kappa shape index (κ1) is 17.8. The number of halogens is 2. The van der Waals surface area contributed by atoms with Crippen molar-refractivity contribution >= 4 is 34.1 Å². The van der Waals surface area contributed by atoms with Gasteiger partial charge in [-0.15, -0.1) is 12.4 Å². The molecule has 0 saturated heterocycles. The molecule has 3 aromatic carbocycles. The van der Waals surface area contributed by atoms with Crippen LogP contribution >= 0.6 is 12.4 Å². The lowest BCUT2D eigenvalue weighted by Crippen LogP contribution is -2.30. The van der Waals surface area contributed by atoms with Gasteiger partial charge in [-0.05, 0) is 64.7 Å². The van der Waals surface area contributed by atoms with Gasteiger partial charge < -0.3 is 15.0 Å². The fourth-order valence-electron chi connectivity index (χ4n) is 4.03. The molecule has 0 saturated carbocycles. The van der Waals surface area contributed by atoms with E-state index in [0.29, 0.717) is 0 Å². The third-order valence-electron chi connectivity index (χ3n) is 5.32. The van der Waals surface area contributed by atoms with Crippen LogP contribution in [0.15, 0.2) is 54.6 Å². The van der Waals surface area contributed by atoms with E-state index in [0.717, 1.165) is 40.7 Å². The largest absolute Gasteiger partial charge is 0.497 e. The lowest BCUT2D eigenvalue weighted by Gasteiger charge is -2.25. The Balaban J connectivity index is 0.00000180. The van der Waals surface area contributed by atoms with Gasteiger partial charge in [0.05, 0.1) is 13.2 Å². The minimum atomic E-state index is -0.186. The second-order valence-corrected chi connectivity index (χ2v) is 6.82. The second-order valence-electron chi connectivity index (χ2n) is 6.82. The predicted molar refractivity (Wildman–Crippen MR) is 110 cm³/mol. The van der Waals surface area contributed by atoms with Crippen molar-refractivity contribution in [2.24, 2.45) is 0 Å². The summed E-state index contributed by atoms with van der Waals surface area (Å²) in [6, 6.07) is 17.7. The van der Waals surface area contributed by atoms with Crippen molar-refractivity contribution in [3.05, 3.63) is 77.2 Å². The fraction of sp³-hybridized carbons (Fsp3) is 0.182. The van der Waals surface area contributed by atoms with E-state index in [4.69, 9.17) is 4.74 Å². The van der Waals surface area contributed by atoms with E-state index < -0.39 is 0 Å². The Morgan fingerprint density at radius 2 is 1.81 bits per heavy atom. The van der Waals surface area contributed by atoms with Gasteiger partial charge in [-0.25, -0.2) is 4.39 Å². The van der Waals surface area contributed by atoms with Gasteiger partial charge in [-0.1, -0.05) is 18.2 Å². The van der Waals surface area contributed by atoms with Gasteiger partial charge >= 0.3 is 0 Å². The van der Waals surface area contributed by atoms with E-state index in [1.54, 1.807) is 13.2 Å². The second kappa shape index (κ2) is 6.87. The van der Waals surface area contributed by atoms with E-state index >= 15 is 0 Å². The number of ether oxygens (including phenoxy) is 1. The zero-order chi connectivity index (χ0) is 17.7. The van der Waals surface area contributed by atoms with Crippen molar-refractivity contribution in [3.8, 4) is 5.75 Å². The average Bonchev–Trinajstić information content (AvgIpc) is 3.05. The van der Waals surface area contributed by atoms with E-state index in [1.165, 1.54) is 22.6 Å². The molecule has 27 heavy (non-hydrogen) atoms. The first-order valence-electron chi connectivity index (χ1n) is 8.84. The SMILES string of the molecule is COc1ccc2cc(C3NCCc4c3[nH]c3ccc(F)cc43)ccc2c1.Cl. The van der Waals surface area contributed by atoms with Crippen LogP contribution < -0.4 is 10.1 Å². The molecule has 5 rings (SSSR count). The van der Waals surface area contributed by atoms with Crippen LogP contribution in [0.3, 0.4) is 0 Å². The number of rotatable bonds is 2. The smallest absolute Gasteiger partial charge is 0.123 e. The molecule has 0 amide bonds. The molecule has 1 atom stereocenters. The molecule has 1 aromatic heterocycles. The summed E-state index contributed by atoms with van der Waals surface area (Å²) in [5, 5.41) is 6.94. The molecular weight excluding hydrogens is 363 g/mol. The molecule has 138 valence electrons. The summed E-state index contributed by atoms with van der Waals surface area (Å²) in [4.78, 5) is 3.51. The Morgan fingerprint density at radius 3 is 2.67 bits per heavy atom. The number of aromatic amines is 1. The summed E-state index contributed by atoms with van der Waals surface area (Å²) in [6.07, 6.45) is 0.903. The topological polar surface area (TPSA) is 37.0 Å². The molecular formula is C22H20ClFN2O. The van der Waals surface area contributed by atoms with Crippen LogP contribution in [-0.4, -0.2) is 18.6 Å². The average molecular weight is 383 g/mol. The minimum absolute atomic E-state index is 0. The number of fused-ring (bicyclic) bond motifs is 4. The summed E-state index contributed by atoms with van der Waals surface area (Å²) in [5.41, 5.74) is 4.56. The molecule has 0 aliphatic carbocycles. The molecule has 0 spiro atoms. The predicted octanol–water partition coefficient (Wildman–Crippen LogP) is 5.13. The Morgan fingerprint density at radius 1 is 1.00 bits per heavy atom. The first-order valence-corrected chi connectivity index (χ1v) is 8.84. The van der Waals surface area contributed by atoms with E-state index in [2.05, 4.69) is 34.6 Å². The van der Waals surface area contributed by atoms with Crippen LogP contribution in [-0.2, 0) is 6.42 Å². The molecule has 1 aliphatic heterocycles. The third-order valence-corrected chi connectivity index (χ3v) is 5.32. The van der Waals surface area contributed by atoms with Gasteiger partial charge in [-0.2, -0.15) is 0 Å². The minimum Gasteiger partial charge on any atom is -0.497 e. The molecule has 3 nitrogen and oxygen atoms in total. The zero-order valence-electron chi connectivity index (χ0n) is 14.9. The maximum atomic E-state index is 13.7. The monoisotopic (exact) mass is 382 g/mol. The molecule has 5 heteroatoms. The number of benzene rings is 3. The van der Waals surface area contributed by atoms with E-state index in [9.17, 15) is 4.39 Å². The highest BCUT2D eigenvalue weighted by Gasteiger charge is 2.25. The molecule has 1 aliphatic rings.